The molecule has 0 aliphatic carbocycles. The molecule has 22 heavy (non-hydrogen) atoms. The number of benzene rings is 1. The van der Waals surface area contributed by atoms with Gasteiger partial charge in [-0.1, -0.05) is 26.8 Å². The fourth-order valence-electron chi connectivity index (χ4n) is 2.45. The Morgan fingerprint density at radius 1 is 1.14 bits per heavy atom. The highest BCUT2D eigenvalue weighted by atomic mass is 16.1. The molecule has 0 aliphatic rings. The molecule has 0 bridgehead atoms. The van der Waals surface area contributed by atoms with Crippen LogP contribution in [0.5, 0.6) is 0 Å². The highest BCUT2D eigenvalue weighted by Crippen LogP contribution is 2.24. The first-order valence-electron chi connectivity index (χ1n) is 7.49. The van der Waals surface area contributed by atoms with Crippen LogP contribution in [0, 0.1) is 5.41 Å². The second-order valence-electron chi connectivity index (χ2n) is 7.14. The molecule has 0 amide bonds. The lowest BCUT2D eigenvalue weighted by molar-refractivity contribution is -0.119. The summed E-state index contributed by atoms with van der Waals surface area (Å²) < 4.78 is 0. The van der Waals surface area contributed by atoms with Gasteiger partial charge in [0.1, 0.15) is 0 Å². The number of aromatic amines is 1. The molecule has 0 aliphatic heterocycles. The number of aromatic nitrogens is 1. The van der Waals surface area contributed by atoms with Crippen molar-refractivity contribution in [3.05, 3.63) is 35.5 Å². The monoisotopic (exact) mass is 300 g/mol. The van der Waals surface area contributed by atoms with E-state index in [-0.39, 0.29) is 11.6 Å². The molecular weight excluding hydrogens is 276 g/mol. The molecule has 0 atom stereocenters. The zero-order chi connectivity index (χ0) is 16.5. The Hall–Kier alpha value is -1.94. The van der Waals surface area contributed by atoms with Crippen LogP contribution < -0.4 is 0 Å². The van der Waals surface area contributed by atoms with Crippen LogP contribution in [0.1, 0.15) is 36.8 Å². The van der Waals surface area contributed by atoms with Gasteiger partial charge in [-0.25, -0.2) is 0 Å². The fourth-order valence-corrected chi connectivity index (χ4v) is 2.45. The molecule has 118 valence electrons. The summed E-state index contributed by atoms with van der Waals surface area (Å²) in [6, 6.07) is 7.74. The average Bonchev–Trinajstić information content (AvgIpc) is 2.78. The molecule has 4 heteroatoms. The molecule has 1 aromatic heterocycles. The Morgan fingerprint density at radius 3 is 2.41 bits per heavy atom. The maximum Gasteiger partial charge on any atom is 0.184 e. The van der Waals surface area contributed by atoms with E-state index in [0.29, 0.717) is 18.7 Å². The summed E-state index contributed by atoms with van der Waals surface area (Å²) in [7, 11) is 3.77. The zero-order valence-corrected chi connectivity index (χ0v) is 14.0. The van der Waals surface area contributed by atoms with E-state index in [1.807, 2.05) is 64.0 Å². The number of Topliss-reactive ketones (excluding diaryl/α,β-unsaturated/α-hetero) is 2. The van der Waals surface area contributed by atoms with Gasteiger partial charge in [-0.2, -0.15) is 0 Å². The lowest BCUT2D eigenvalue weighted by Gasteiger charge is -2.14. The third-order valence-corrected chi connectivity index (χ3v) is 3.50. The van der Waals surface area contributed by atoms with Gasteiger partial charge in [0, 0.05) is 22.7 Å². The first-order chi connectivity index (χ1) is 10.2. The number of nitrogens with one attached hydrogen (secondary N) is 1. The molecule has 4 nitrogen and oxygen atoms in total. The van der Waals surface area contributed by atoms with Crippen molar-refractivity contribution >= 4 is 22.5 Å². The average molecular weight is 300 g/mol. The van der Waals surface area contributed by atoms with Crippen molar-refractivity contribution in [2.24, 2.45) is 5.41 Å². The molecule has 0 unspecified atom stereocenters. The van der Waals surface area contributed by atoms with Crippen LogP contribution in [0.15, 0.2) is 24.3 Å². The summed E-state index contributed by atoms with van der Waals surface area (Å²) in [5.41, 5.74) is 2.12. The predicted octanol–water partition coefficient (Wildman–Crippen LogP) is 3.07. The standard InChI is InChI=1S/C18H24N2O2/c1-18(2,3)17(22)16-10-13-8-12(6-7-15(13)19-16)9-14(21)11-20(4)5/h6-8,10,19H,9,11H2,1-5H3. The van der Waals surface area contributed by atoms with Crippen LogP contribution in [0.3, 0.4) is 0 Å². The summed E-state index contributed by atoms with van der Waals surface area (Å²) in [6.07, 6.45) is 0.419. The number of hydrogen-bond acceptors (Lipinski definition) is 3. The van der Waals surface area contributed by atoms with E-state index in [2.05, 4.69) is 4.98 Å². The van der Waals surface area contributed by atoms with E-state index in [1.54, 1.807) is 0 Å². The Morgan fingerprint density at radius 2 is 1.82 bits per heavy atom. The largest absolute Gasteiger partial charge is 0.352 e. The minimum Gasteiger partial charge on any atom is -0.352 e. The number of H-pyrrole nitrogens is 1. The van der Waals surface area contributed by atoms with Gasteiger partial charge < -0.3 is 9.88 Å². The maximum absolute atomic E-state index is 12.3. The second kappa shape index (κ2) is 6.05. The van der Waals surface area contributed by atoms with E-state index in [0.717, 1.165) is 16.5 Å². The Bertz CT molecular complexity index is 705. The lowest BCUT2D eigenvalue weighted by Crippen LogP contribution is -2.22. The summed E-state index contributed by atoms with van der Waals surface area (Å²) in [5.74, 6) is 0.278. The first kappa shape index (κ1) is 16.4. The van der Waals surface area contributed by atoms with Crippen molar-refractivity contribution in [2.75, 3.05) is 20.6 Å². The van der Waals surface area contributed by atoms with Gasteiger partial charge in [0.05, 0.1) is 12.2 Å². The third kappa shape index (κ3) is 3.83. The van der Waals surface area contributed by atoms with Gasteiger partial charge in [-0.15, -0.1) is 0 Å². The van der Waals surface area contributed by atoms with Gasteiger partial charge in [0.25, 0.3) is 0 Å². The van der Waals surface area contributed by atoms with Crippen molar-refractivity contribution in [1.29, 1.82) is 0 Å². The Labute approximate surface area is 131 Å². The molecule has 1 aromatic carbocycles. The molecular formula is C18H24N2O2. The summed E-state index contributed by atoms with van der Waals surface area (Å²) in [6.45, 7) is 6.17. The number of nitrogens with zero attached hydrogens (tertiary/aromatic N) is 1. The number of carbonyl (C=O) groups is 2. The molecule has 0 saturated heterocycles. The summed E-state index contributed by atoms with van der Waals surface area (Å²) >= 11 is 0. The number of rotatable bonds is 5. The van der Waals surface area contributed by atoms with Crippen LogP contribution in [0.25, 0.3) is 10.9 Å². The predicted molar refractivity (Wildman–Crippen MR) is 89.3 cm³/mol. The van der Waals surface area contributed by atoms with Gasteiger partial charge in [0.15, 0.2) is 11.6 Å². The third-order valence-electron chi connectivity index (χ3n) is 3.50. The summed E-state index contributed by atoms with van der Waals surface area (Å²) in [4.78, 5) is 29.3. The van der Waals surface area contributed by atoms with E-state index < -0.39 is 5.41 Å². The molecule has 2 aromatic rings. The van der Waals surface area contributed by atoms with Gasteiger partial charge in [-0.05, 0) is 37.9 Å². The molecule has 2 rings (SSSR count). The first-order valence-corrected chi connectivity index (χ1v) is 7.49. The van der Waals surface area contributed by atoms with Crippen LogP contribution in [-0.2, 0) is 11.2 Å². The molecule has 0 spiro atoms. The van der Waals surface area contributed by atoms with Crippen LogP contribution in [0.2, 0.25) is 0 Å². The minimum absolute atomic E-state index is 0.0916. The van der Waals surface area contributed by atoms with Crippen LogP contribution >= 0.6 is 0 Å². The number of fused-ring (bicyclic) bond motifs is 1. The number of carbonyl (C=O) groups excluding carboxylic acids is 2. The van der Waals surface area contributed by atoms with Crippen LogP contribution in [-0.4, -0.2) is 42.1 Å². The van der Waals surface area contributed by atoms with Gasteiger partial charge in [0.2, 0.25) is 0 Å². The normalized spacial score (nSPS) is 12.1. The summed E-state index contributed by atoms with van der Waals surface area (Å²) in [5, 5.41) is 0.975. The SMILES string of the molecule is CN(C)CC(=O)Cc1ccc2[nH]c(C(=O)C(C)(C)C)cc2c1. The lowest BCUT2D eigenvalue weighted by atomic mass is 9.89. The second-order valence-corrected chi connectivity index (χ2v) is 7.14. The van der Waals surface area contributed by atoms with E-state index in [1.165, 1.54) is 0 Å². The number of ketones is 2. The van der Waals surface area contributed by atoms with Gasteiger partial charge >= 0.3 is 0 Å². The molecule has 0 saturated carbocycles. The van der Waals surface area contributed by atoms with Crippen LogP contribution in [0.4, 0.5) is 0 Å². The van der Waals surface area contributed by atoms with Crippen molar-refractivity contribution in [2.45, 2.75) is 27.2 Å². The van der Waals surface area contributed by atoms with Gasteiger partial charge in [-0.3, -0.25) is 9.59 Å². The maximum atomic E-state index is 12.3. The molecule has 0 fully saturated rings. The van der Waals surface area contributed by atoms with E-state index >= 15 is 0 Å². The highest BCUT2D eigenvalue weighted by Gasteiger charge is 2.24. The van der Waals surface area contributed by atoms with Crippen molar-refractivity contribution in [3.63, 3.8) is 0 Å². The zero-order valence-electron chi connectivity index (χ0n) is 14.0. The van der Waals surface area contributed by atoms with Crippen molar-refractivity contribution < 1.29 is 9.59 Å². The van der Waals surface area contributed by atoms with E-state index in [4.69, 9.17) is 0 Å². The van der Waals surface area contributed by atoms with Crippen molar-refractivity contribution in [3.8, 4) is 0 Å². The Kier molecular flexibility index (Phi) is 4.52. The fraction of sp³-hybridized carbons (Fsp3) is 0.444. The topological polar surface area (TPSA) is 53.2 Å². The molecule has 1 N–H and O–H groups in total. The molecule has 0 radical (unpaired) electrons. The highest BCUT2D eigenvalue weighted by molar-refractivity contribution is 6.02. The minimum atomic E-state index is -0.411. The number of likely N-dealkylation sites (N-methyl/N-ethyl adjacent to an activating group) is 1. The quantitative estimate of drug-likeness (QED) is 0.863. The van der Waals surface area contributed by atoms with Crippen molar-refractivity contribution in [1.82, 2.24) is 9.88 Å². The number of hydrogen-bond donors (Lipinski definition) is 1. The Balaban J connectivity index is 2.24. The smallest absolute Gasteiger partial charge is 0.184 e. The molecule has 1 heterocycles. The van der Waals surface area contributed by atoms with E-state index in [9.17, 15) is 9.59 Å².